The molecule has 0 heterocycles. The Bertz CT molecular complexity index is 6.00. The van der Waals surface area contributed by atoms with E-state index in [9.17, 15) is 0 Å². The topological polar surface area (TPSA) is 0 Å². The second-order valence-electron chi connectivity index (χ2n) is 0. The first kappa shape index (κ1) is 66.5. The standard InChI is InChI=1S/Cr.2FH.Mg/h;2*1H;/q;;;+2/p-2. The molecule has 0 aliphatic carbocycles. The molecular formula is CrF2Mg. The van der Waals surface area contributed by atoms with Crippen LogP contribution in [0.3, 0.4) is 0 Å². The molecule has 0 atom stereocenters. The zero-order valence-electron chi connectivity index (χ0n) is 1.87. The van der Waals surface area contributed by atoms with Crippen LogP contribution >= 0.6 is 0 Å². The van der Waals surface area contributed by atoms with Crippen LogP contribution in [0.25, 0.3) is 0 Å². The van der Waals surface area contributed by atoms with Gasteiger partial charge in [-0.25, -0.2) is 0 Å². The van der Waals surface area contributed by atoms with Crippen molar-refractivity contribution >= 4 is 23.1 Å². The van der Waals surface area contributed by atoms with Crippen LogP contribution in [0.5, 0.6) is 0 Å². The van der Waals surface area contributed by atoms with Gasteiger partial charge in [0.05, 0.1) is 0 Å². The van der Waals surface area contributed by atoms with Gasteiger partial charge in [-0.3, -0.25) is 0 Å². The summed E-state index contributed by atoms with van der Waals surface area (Å²) in [4.78, 5) is 0. The summed E-state index contributed by atoms with van der Waals surface area (Å²) in [7, 11) is 0. The molecule has 0 amide bonds. The molecule has 4 heteroatoms. The van der Waals surface area contributed by atoms with E-state index in [0.29, 0.717) is 0 Å². The summed E-state index contributed by atoms with van der Waals surface area (Å²) in [6.45, 7) is 0. The third-order valence-corrected chi connectivity index (χ3v) is 0. The van der Waals surface area contributed by atoms with E-state index in [2.05, 4.69) is 0 Å². The van der Waals surface area contributed by atoms with Crippen LogP contribution in [0.1, 0.15) is 0 Å². The van der Waals surface area contributed by atoms with Crippen molar-refractivity contribution in [3.63, 3.8) is 0 Å². The SMILES string of the molecule is [Cr].[F-].[F-].[Mg+2]. The van der Waals surface area contributed by atoms with E-state index < -0.39 is 0 Å². The zero-order chi connectivity index (χ0) is 0. The van der Waals surface area contributed by atoms with E-state index in [1.807, 2.05) is 0 Å². The van der Waals surface area contributed by atoms with E-state index in [-0.39, 0.29) is 49.8 Å². The van der Waals surface area contributed by atoms with Gasteiger partial charge >= 0.3 is 23.1 Å². The predicted molar refractivity (Wildman–Crippen MR) is 5.75 cm³/mol. The van der Waals surface area contributed by atoms with Crippen LogP contribution in [0.2, 0.25) is 0 Å². The number of halogens is 2. The first-order valence-corrected chi connectivity index (χ1v) is 0. The maximum absolute atomic E-state index is 0. The third kappa shape index (κ3) is 11.0. The van der Waals surface area contributed by atoms with Crippen molar-refractivity contribution in [2.75, 3.05) is 0 Å². The van der Waals surface area contributed by atoms with Gasteiger partial charge in [0.15, 0.2) is 0 Å². The average Bonchev–Trinajstić information content (AvgIpc) is 0. The van der Waals surface area contributed by atoms with Gasteiger partial charge in [0.25, 0.3) is 0 Å². The van der Waals surface area contributed by atoms with Crippen molar-refractivity contribution in [2.24, 2.45) is 0 Å². The van der Waals surface area contributed by atoms with E-state index in [1.165, 1.54) is 0 Å². The molecule has 0 aromatic rings. The molecule has 0 aromatic heterocycles. The Hall–Kier alpha value is 1.16. The minimum Gasteiger partial charge on any atom is -1.00 e. The summed E-state index contributed by atoms with van der Waals surface area (Å²) in [5.41, 5.74) is 0. The first-order valence-electron chi connectivity index (χ1n) is 0. The van der Waals surface area contributed by atoms with Crippen molar-refractivity contribution in [1.82, 2.24) is 0 Å². The van der Waals surface area contributed by atoms with E-state index in [0.717, 1.165) is 0 Å². The monoisotopic (exact) mass is 114 g/mol. The van der Waals surface area contributed by atoms with Gasteiger partial charge < -0.3 is 9.41 Å². The van der Waals surface area contributed by atoms with Crippen LogP contribution in [-0.4, -0.2) is 23.1 Å². The van der Waals surface area contributed by atoms with Gasteiger partial charge in [-0.05, 0) is 0 Å². The van der Waals surface area contributed by atoms with E-state index >= 15 is 0 Å². The largest absolute Gasteiger partial charge is 2.00 e. The Morgan fingerprint density at radius 3 is 0.750 bits per heavy atom. The summed E-state index contributed by atoms with van der Waals surface area (Å²) in [5.74, 6) is 0. The molecule has 0 saturated heterocycles. The van der Waals surface area contributed by atoms with Crippen molar-refractivity contribution in [3.8, 4) is 0 Å². The Morgan fingerprint density at radius 1 is 0.750 bits per heavy atom. The van der Waals surface area contributed by atoms with Crippen molar-refractivity contribution in [2.45, 2.75) is 0 Å². The Balaban J connectivity index is 0. The quantitative estimate of drug-likeness (QED) is 0.275. The van der Waals surface area contributed by atoms with E-state index in [4.69, 9.17) is 0 Å². The van der Waals surface area contributed by atoms with Crippen molar-refractivity contribution in [3.05, 3.63) is 0 Å². The summed E-state index contributed by atoms with van der Waals surface area (Å²) in [6, 6.07) is 0. The molecule has 0 bridgehead atoms. The third-order valence-electron chi connectivity index (χ3n) is 0. The van der Waals surface area contributed by atoms with Crippen molar-refractivity contribution in [1.29, 1.82) is 0 Å². The summed E-state index contributed by atoms with van der Waals surface area (Å²) in [5, 5.41) is 0. The molecule has 0 saturated carbocycles. The minimum absolute atomic E-state index is 0. The molecule has 0 unspecified atom stereocenters. The van der Waals surface area contributed by atoms with Crippen LogP contribution in [0, 0.1) is 0 Å². The molecule has 0 N–H and O–H groups in total. The molecule has 0 aliphatic rings. The molecule has 0 aromatic carbocycles. The fourth-order valence-corrected chi connectivity index (χ4v) is 0. The second kappa shape index (κ2) is 30.9. The van der Waals surface area contributed by atoms with Gasteiger partial charge in [0.1, 0.15) is 0 Å². The summed E-state index contributed by atoms with van der Waals surface area (Å²) in [6.07, 6.45) is 0. The molecule has 0 fully saturated rings. The smallest absolute Gasteiger partial charge is 1.00 e. The fourth-order valence-electron chi connectivity index (χ4n) is 0. The summed E-state index contributed by atoms with van der Waals surface area (Å²) < 4.78 is 0. The van der Waals surface area contributed by atoms with Gasteiger partial charge in [-0.15, -0.1) is 0 Å². The second-order valence-corrected chi connectivity index (χ2v) is 0. The fraction of sp³-hybridized carbons (Fsp3) is 0. The Kier molecular flexibility index (Phi) is 513. The Morgan fingerprint density at radius 2 is 0.750 bits per heavy atom. The van der Waals surface area contributed by atoms with Gasteiger partial charge in [0.2, 0.25) is 0 Å². The predicted octanol–water partition coefficient (Wildman–Crippen LogP) is -6.38. The maximum atomic E-state index is 0. The van der Waals surface area contributed by atoms with E-state index in [1.54, 1.807) is 0 Å². The normalized spacial score (nSPS) is 0. The van der Waals surface area contributed by atoms with Gasteiger partial charge in [0, 0.05) is 17.4 Å². The molecule has 0 spiro atoms. The average molecular weight is 114 g/mol. The maximum Gasteiger partial charge on any atom is 2.00 e. The van der Waals surface area contributed by atoms with Gasteiger partial charge in [-0.2, -0.15) is 0 Å². The Labute approximate surface area is 50.0 Å². The molecule has 0 radical (unpaired) electrons. The number of hydrogen-bond donors (Lipinski definition) is 0. The van der Waals surface area contributed by atoms with Crippen LogP contribution in [0.4, 0.5) is 0 Å². The zero-order valence-corrected chi connectivity index (χ0v) is 4.56. The minimum atomic E-state index is 0. The molecule has 0 nitrogen and oxygen atoms in total. The molecule has 0 aliphatic heterocycles. The molecular weight excluding hydrogens is 114 g/mol. The summed E-state index contributed by atoms with van der Waals surface area (Å²) >= 11 is 0. The molecule has 4 heavy (non-hydrogen) atoms. The van der Waals surface area contributed by atoms with Crippen LogP contribution < -0.4 is 9.41 Å². The molecule has 0 rings (SSSR count). The molecule has 22 valence electrons. The number of rotatable bonds is 0. The van der Waals surface area contributed by atoms with Crippen molar-refractivity contribution < 1.29 is 26.8 Å². The van der Waals surface area contributed by atoms with Crippen LogP contribution in [0.15, 0.2) is 0 Å². The van der Waals surface area contributed by atoms with Gasteiger partial charge in [-0.1, -0.05) is 0 Å². The number of hydrogen-bond acceptors (Lipinski definition) is 0. The van der Waals surface area contributed by atoms with Crippen LogP contribution in [-0.2, 0) is 17.4 Å². The first-order chi connectivity index (χ1) is 0.